The number of halogens is 3. The number of nitrogens with zero attached hydrogens (tertiary/aromatic N) is 2. The van der Waals surface area contributed by atoms with Crippen LogP contribution >= 0.6 is 0 Å². The van der Waals surface area contributed by atoms with E-state index in [0.29, 0.717) is 11.5 Å². The molecular weight excluding hydrogens is 387 g/mol. The Bertz CT molecular complexity index is 841. The molecule has 0 saturated heterocycles. The van der Waals surface area contributed by atoms with Crippen LogP contribution in [0.3, 0.4) is 0 Å². The molecule has 158 valence electrons. The van der Waals surface area contributed by atoms with Crippen LogP contribution in [0.15, 0.2) is 30.6 Å². The van der Waals surface area contributed by atoms with Gasteiger partial charge in [-0.05, 0) is 36.5 Å². The van der Waals surface area contributed by atoms with Crippen molar-refractivity contribution in [3.05, 3.63) is 36.2 Å². The van der Waals surface area contributed by atoms with E-state index >= 15 is 0 Å². The average Bonchev–Trinajstić information content (AvgIpc) is 2.65. The molecule has 0 radical (unpaired) electrons. The molecular formula is C20H24F3N3O3. The highest BCUT2D eigenvalue weighted by Gasteiger charge is 2.35. The van der Waals surface area contributed by atoms with Crippen molar-refractivity contribution in [2.24, 2.45) is 11.8 Å². The highest BCUT2D eigenvalue weighted by atomic mass is 19.4. The van der Waals surface area contributed by atoms with Crippen molar-refractivity contribution < 1.29 is 27.4 Å². The fourth-order valence-electron chi connectivity index (χ4n) is 2.86. The quantitative estimate of drug-likeness (QED) is 0.660. The van der Waals surface area contributed by atoms with Crippen LogP contribution in [0.5, 0.6) is 5.75 Å². The second kappa shape index (κ2) is 9.58. The van der Waals surface area contributed by atoms with Crippen molar-refractivity contribution in [3.63, 3.8) is 0 Å². The molecule has 2 aromatic rings. The zero-order valence-corrected chi connectivity index (χ0v) is 16.7. The molecule has 0 aromatic carbocycles. The molecule has 1 amide bonds. The zero-order valence-electron chi connectivity index (χ0n) is 16.7. The Morgan fingerprint density at radius 3 is 2.55 bits per heavy atom. The molecule has 9 heteroatoms. The highest BCUT2D eigenvalue weighted by molar-refractivity contribution is 5.84. The van der Waals surface area contributed by atoms with E-state index in [9.17, 15) is 18.0 Å². The van der Waals surface area contributed by atoms with Gasteiger partial charge in [-0.15, -0.1) is 0 Å². The van der Waals surface area contributed by atoms with Crippen LogP contribution < -0.4 is 10.1 Å². The molecule has 0 aliphatic carbocycles. The highest BCUT2D eigenvalue weighted by Crippen LogP contribution is 2.38. The van der Waals surface area contributed by atoms with Gasteiger partial charge in [0.05, 0.1) is 25.6 Å². The van der Waals surface area contributed by atoms with Gasteiger partial charge in [-0.25, -0.2) is 9.78 Å². The molecule has 2 rings (SSSR count). The van der Waals surface area contributed by atoms with Gasteiger partial charge in [-0.1, -0.05) is 20.8 Å². The van der Waals surface area contributed by atoms with Crippen molar-refractivity contribution in [2.75, 3.05) is 19.0 Å². The maximum Gasteiger partial charge on any atom is 0.420 e. The molecule has 0 spiro atoms. The fraction of sp³-hybridized carbons (Fsp3) is 0.450. The summed E-state index contributed by atoms with van der Waals surface area (Å²) in [6.45, 7) is 6.20. The largest absolute Gasteiger partial charge is 0.491 e. The number of carbonyl (C=O) groups is 1. The van der Waals surface area contributed by atoms with Crippen LogP contribution in [0, 0.1) is 11.8 Å². The lowest BCUT2D eigenvalue weighted by Crippen LogP contribution is -2.15. The minimum atomic E-state index is -4.60. The number of hydrogen-bond donors (Lipinski definition) is 1. The minimum Gasteiger partial charge on any atom is -0.491 e. The number of anilines is 1. The van der Waals surface area contributed by atoms with E-state index in [0.717, 1.165) is 18.7 Å². The minimum absolute atomic E-state index is 0.0789. The molecule has 1 atom stereocenters. The Balaban J connectivity index is 2.29. The average molecular weight is 411 g/mol. The molecule has 0 aliphatic heterocycles. The van der Waals surface area contributed by atoms with Crippen molar-refractivity contribution >= 4 is 11.9 Å². The molecule has 2 aromatic heterocycles. The number of pyridine rings is 2. The predicted octanol–water partition coefficient (Wildman–Crippen LogP) is 5.40. The number of ether oxygens (including phenoxy) is 2. The van der Waals surface area contributed by atoms with Crippen LogP contribution in [-0.4, -0.2) is 29.8 Å². The van der Waals surface area contributed by atoms with E-state index in [-0.39, 0.29) is 29.8 Å². The van der Waals surface area contributed by atoms with Gasteiger partial charge >= 0.3 is 12.3 Å². The van der Waals surface area contributed by atoms with Gasteiger partial charge in [-0.3, -0.25) is 10.3 Å². The molecule has 0 fully saturated rings. The summed E-state index contributed by atoms with van der Waals surface area (Å²) in [4.78, 5) is 19.3. The second-order valence-electron chi connectivity index (χ2n) is 7.16. The van der Waals surface area contributed by atoms with Crippen molar-refractivity contribution in [1.82, 2.24) is 9.97 Å². The van der Waals surface area contributed by atoms with Gasteiger partial charge in [0, 0.05) is 11.8 Å². The van der Waals surface area contributed by atoms with Gasteiger partial charge in [0.25, 0.3) is 0 Å². The van der Waals surface area contributed by atoms with Crippen LogP contribution in [0.4, 0.5) is 23.8 Å². The van der Waals surface area contributed by atoms with Gasteiger partial charge in [0.1, 0.15) is 17.1 Å². The first-order valence-corrected chi connectivity index (χ1v) is 9.11. The van der Waals surface area contributed by atoms with Crippen LogP contribution in [0.25, 0.3) is 11.3 Å². The zero-order chi connectivity index (χ0) is 21.6. The maximum absolute atomic E-state index is 13.6. The Morgan fingerprint density at radius 1 is 1.21 bits per heavy atom. The summed E-state index contributed by atoms with van der Waals surface area (Å²) in [6.07, 6.45) is -2.06. The smallest absolute Gasteiger partial charge is 0.420 e. The van der Waals surface area contributed by atoms with E-state index in [4.69, 9.17) is 4.74 Å². The summed E-state index contributed by atoms with van der Waals surface area (Å²) in [5, 5.41) is 2.36. The number of aromatic nitrogens is 2. The van der Waals surface area contributed by atoms with E-state index in [1.54, 1.807) is 0 Å². The SMILES string of the molecule is COC(=O)Nc1cc(-c2cc(C(F)(F)F)c(OCC(C)CC(C)C)cn2)ccn1. The van der Waals surface area contributed by atoms with E-state index in [1.807, 2.05) is 20.8 Å². The third-order valence-corrected chi connectivity index (χ3v) is 4.04. The first-order chi connectivity index (χ1) is 13.6. The third kappa shape index (κ3) is 6.62. The van der Waals surface area contributed by atoms with Crippen molar-refractivity contribution in [3.8, 4) is 17.0 Å². The molecule has 6 nitrogen and oxygen atoms in total. The molecule has 1 unspecified atom stereocenters. The van der Waals surface area contributed by atoms with Crippen LogP contribution in [0.1, 0.15) is 32.8 Å². The van der Waals surface area contributed by atoms with Gasteiger partial charge < -0.3 is 9.47 Å². The molecule has 2 heterocycles. The number of rotatable bonds is 7. The normalized spacial score (nSPS) is 12.6. The topological polar surface area (TPSA) is 73.3 Å². The lowest BCUT2D eigenvalue weighted by atomic mass is 10.00. The van der Waals surface area contributed by atoms with Crippen molar-refractivity contribution in [1.29, 1.82) is 0 Å². The number of amides is 1. The number of carbonyl (C=O) groups excluding carboxylic acids is 1. The van der Waals surface area contributed by atoms with E-state index < -0.39 is 17.8 Å². The van der Waals surface area contributed by atoms with E-state index in [2.05, 4.69) is 20.0 Å². The number of methoxy groups -OCH3 is 1. The molecule has 0 bridgehead atoms. The Morgan fingerprint density at radius 2 is 1.93 bits per heavy atom. The summed E-state index contributed by atoms with van der Waals surface area (Å²) >= 11 is 0. The molecule has 1 N–H and O–H groups in total. The first kappa shape index (κ1) is 22.4. The number of alkyl halides is 3. The first-order valence-electron chi connectivity index (χ1n) is 9.11. The third-order valence-electron chi connectivity index (χ3n) is 4.04. The summed E-state index contributed by atoms with van der Waals surface area (Å²) in [5.74, 6) is 0.366. The predicted molar refractivity (Wildman–Crippen MR) is 103 cm³/mol. The van der Waals surface area contributed by atoms with Gasteiger partial charge in [-0.2, -0.15) is 13.2 Å². The fourth-order valence-corrected chi connectivity index (χ4v) is 2.86. The second-order valence-corrected chi connectivity index (χ2v) is 7.16. The number of nitrogens with one attached hydrogen (secondary N) is 1. The van der Waals surface area contributed by atoms with Crippen LogP contribution in [0.2, 0.25) is 0 Å². The Kier molecular flexibility index (Phi) is 7.41. The number of hydrogen-bond acceptors (Lipinski definition) is 5. The summed E-state index contributed by atoms with van der Waals surface area (Å²) < 4.78 is 50.7. The summed E-state index contributed by atoms with van der Waals surface area (Å²) in [7, 11) is 1.19. The van der Waals surface area contributed by atoms with Gasteiger partial charge in [0.15, 0.2) is 0 Å². The molecule has 0 saturated carbocycles. The van der Waals surface area contributed by atoms with Crippen molar-refractivity contribution in [2.45, 2.75) is 33.4 Å². The standard InChI is InChI=1S/C20H24F3N3O3/c1-12(2)7-13(3)11-29-17-10-25-16(9-15(17)20(21,22)23)14-5-6-24-18(8-14)26-19(27)28-4/h5-6,8-10,12-13H,7,11H2,1-4H3,(H,24,26,27). The Labute approximate surface area is 167 Å². The Hall–Kier alpha value is -2.84. The molecule has 29 heavy (non-hydrogen) atoms. The van der Waals surface area contributed by atoms with E-state index in [1.165, 1.54) is 25.4 Å². The maximum atomic E-state index is 13.6. The summed E-state index contributed by atoms with van der Waals surface area (Å²) in [6, 6.07) is 3.83. The lowest BCUT2D eigenvalue weighted by Gasteiger charge is -2.18. The lowest BCUT2D eigenvalue weighted by molar-refractivity contribution is -0.139. The van der Waals surface area contributed by atoms with Crippen LogP contribution in [-0.2, 0) is 10.9 Å². The molecule has 0 aliphatic rings. The monoisotopic (exact) mass is 411 g/mol. The summed E-state index contributed by atoms with van der Waals surface area (Å²) in [5.41, 5.74) is -0.467. The van der Waals surface area contributed by atoms with Gasteiger partial charge in [0.2, 0.25) is 0 Å².